The molecule has 1 aliphatic rings. The van der Waals surface area contributed by atoms with Crippen molar-refractivity contribution in [2.45, 2.75) is 44.7 Å². The van der Waals surface area contributed by atoms with E-state index >= 15 is 0 Å². The van der Waals surface area contributed by atoms with Gasteiger partial charge in [0.25, 0.3) is 5.69 Å². The molecule has 1 fully saturated rings. The summed E-state index contributed by atoms with van der Waals surface area (Å²) in [4.78, 5) is 10.7. The molecule has 0 heterocycles. The topological polar surface area (TPSA) is 81.2 Å². The molecule has 98 valence electrons. The number of anilines is 1. The smallest absolute Gasteiger partial charge is 0.292 e. The number of hydrogen-bond donors (Lipinski definition) is 2. The molecule has 0 saturated heterocycles. The van der Waals surface area contributed by atoms with Crippen LogP contribution in [0.5, 0.6) is 0 Å². The Morgan fingerprint density at radius 2 is 2.11 bits per heavy atom. The van der Waals surface area contributed by atoms with E-state index in [2.05, 4.69) is 5.32 Å². The van der Waals surface area contributed by atoms with Crippen molar-refractivity contribution in [1.82, 2.24) is 0 Å². The Balaban J connectivity index is 2.20. The van der Waals surface area contributed by atoms with Crippen molar-refractivity contribution in [3.8, 4) is 0 Å². The fourth-order valence-corrected chi connectivity index (χ4v) is 2.45. The van der Waals surface area contributed by atoms with E-state index in [0.717, 1.165) is 31.2 Å². The first-order valence-corrected chi connectivity index (χ1v) is 6.35. The Labute approximate surface area is 107 Å². The maximum Gasteiger partial charge on any atom is 0.292 e. The number of hydrogen-bond acceptors (Lipinski definition) is 4. The lowest BCUT2D eigenvalue weighted by Gasteiger charge is -2.30. The van der Waals surface area contributed by atoms with Crippen molar-refractivity contribution in [3.63, 3.8) is 0 Å². The highest BCUT2D eigenvalue weighted by atomic mass is 16.6. The normalized spacial score (nSPS) is 23.7. The summed E-state index contributed by atoms with van der Waals surface area (Å²) in [6, 6.07) is 5.47. The van der Waals surface area contributed by atoms with Gasteiger partial charge in [0, 0.05) is 18.2 Å². The van der Waals surface area contributed by atoms with E-state index in [1.54, 1.807) is 12.1 Å². The second-order valence-electron chi connectivity index (χ2n) is 4.98. The monoisotopic (exact) mass is 249 g/mol. The van der Waals surface area contributed by atoms with Crippen molar-refractivity contribution in [2.24, 2.45) is 5.73 Å². The van der Waals surface area contributed by atoms with Crippen LogP contribution < -0.4 is 11.1 Å². The standard InChI is InChI=1S/C13H19N3O2/c1-9-6-7-12(13(8-9)16(17)18)15-11-5-3-2-4-10(11)14/h6-8,10-11,15H,2-5,14H2,1H3/t10-,11-/m1/s1. The predicted molar refractivity (Wildman–Crippen MR) is 71.7 cm³/mol. The van der Waals surface area contributed by atoms with Crippen LogP contribution in [0.2, 0.25) is 0 Å². The van der Waals surface area contributed by atoms with Crippen LogP contribution in [0, 0.1) is 17.0 Å². The van der Waals surface area contributed by atoms with Crippen LogP contribution >= 0.6 is 0 Å². The average Bonchev–Trinajstić information content (AvgIpc) is 2.34. The van der Waals surface area contributed by atoms with Crippen molar-refractivity contribution >= 4 is 11.4 Å². The maximum atomic E-state index is 11.0. The van der Waals surface area contributed by atoms with Gasteiger partial charge in [-0.1, -0.05) is 18.9 Å². The molecule has 1 aliphatic carbocycles. The van der Waals surface area contributed by atoms with E-state index in [9.17, 15) is 10.1 Å². The molecule has 0 amide bonds. The maximum absolute atomic E-state index is 11.0. The first kappa shape index (κ1) is 12.8. The summed E-state index contributed by atoms with van der Waals surface area (Å²) in [6.45, 7) is 1.85. The number of nitro groups is 1. The molecular weight excluding hydrogens is 230 g/mol. The molecule has 0 unspecified atom stereocenters. The van der Waals surface area contributed by atoms with Gasteiger partial charge in [0.05, 0.1) is 4.92 Å². The Hall–Kier alpha value is -1.62. The summed E-state index contributed by atoms with van der Waals surface area (Å²) in [7, 11) is 0. The molecule has 1 saturated carbocycles. The van der Waals surface area contributed by atoms with Crippen molar-refractivity contribution < 1.29 is 4.92 Å². The highest BCUT2D eigenvalue weighted by Gasteiger charge is 2.24. The van der Waals surface area contributed by atoms with Gasteiger partial charge in [0.15, 0.2) is 0 Å². The minimum Gasteiger partial charge on any atom is -0.375 e. The third-order valence-corrected chi connectivity index (χ3v) is 3.51. The van der Waals surface area contributed by atoms with Gasteiger partial charge in [-0.25, -0.2) is 0 Å². The van der Waals surface area contributed by atoms with E-state index in [1.807, 2.05) is 13.0 Å². The van der Waals surface area contributed by atoms with E-state index < -0.39 is 0 Å². The fourth-order valence-electron chi connectivity index (χ4n) is 2.45. The number of nitrogens with one attached hydrogen (secondary N) is 1. The fraction of sp³-hybridized carbons (Fsp3) is 0.538. The van der Waals surface area contributed by atoms with E-state index in [4.69, 9.17) is 5.73 Å². The van der Waals surface area contributed by atoms with Crippen molar-refractivity contribution in [1.29, 1.82) is 0 Å². The summed E-state index contributed by atoms with van der Waals surface area (Å²) in [5.74, 6) is 0. The number of aryl methyl sites for hydroxylation is 1. The third kappa shape index (κ3) is 2.79. The van der Waals surface area contributed by atoms with Gasteiger partial charge >= 0.3 is 0 Å². The van der Waals surface area contributed by atoms with Gasteiger partial charge in [-0.05, 0) is 31.4 Å². The third-order valence-electron chi connectivity index (χ3n) is 3.51. The van der Waals surface area contributed by atoms with Gasteiger partial charge in [-0.3, -0.25) is 10.1 Å². The number of nitro benzene ring substituents is 1. The SMILES string of the molecule is Cc1ccc(N[C@@H]2CCCC[C@H]2N)c([N+](=O)[O-])c1. The van der Waals surface area contributed by atoms with Gasteiger partial charge in [0.2, 0.25) is 0 Å². The molecule has 5 heteroatoms. The molecule has 1 aromatic carbocycles. The molecule has 2 atom stereocenters. The van der Waals surface area contributed by atoms with Gasteiger partial charge in [0.1, 0.15) is 5.69 Å². The van der Waals surface area contributed by atoms with Crippen molar-refractivity contribution in [2.75, 3.05) is 5.32 Å². The summed E-state index contributed by atoms with van der Waals surface area (Å²) in [5.41, 5.74) is 7.65. The van der Waals surface area contributed by atoms with Gasteiger partial charge < -0.3 is 11.1 Å². The molecule has 0 radical (unpaired) electrons. The molecule has 2 rings (SSSR count). The predicted octanol–water partition coefficient (Wildman–Crippen LogP) is 2.59. The molecule has 0 aliphatic heterocycles. The van der Waals surface area contributed by atoms with Crippen LogP contribution in [0.1, 0.15) is 31.2 Å². The molecular formula is C13H19N3O2. The zero-order chi connectivity index (χ0) is 13.1. The minimum atomic E-state index is -0.344. The van der Waals surface area contributed by atoms with Gasteiger partial charge in [-0.2, -0.15) is 0 Å². The second kappa shape index (κ2) is 5.35. The summed E-state index contributed by atoms with van der Waals surface area (Å²) in [6.07, 6.45) is 4.24. The number of nitrogens with zero attached hydrogens (tertiary/aromatic N) is 1. The Bertz CT molecular complexity index is 448. The van der Waals surface area contributed by atoms with Crippen LogP contribution in [-0.2, 0) is 0 Å². The van der Waals surface area contributed by atoms with E-state index in [-0.39, 0.29) is 22.7 Å². The van der Waals surface area contributed by atoms with E-state index in [0.29, 0.717) is 5.69 Å². The first-order valence-electron chi connectivity index (χ1n) is 6.35. The lowest BCUT2D eigenvalue weighted by molar-refractivity contribution is -0.384. The zero-order valence-electron chi connectivity index (χ0n) is 10.6. The highest BCUT2D eigenvalue weighted by Crippen LogP contribution is 2.28. The lowest BCUT2D eigenvalue weighted by atomic mass is 9.91. The molecule has 1 aromatic rings. The molecule has 0 bridgehead atoms. The minimum absolute atomic E-state index is 0.0830. The first-order chi connectivity index (χ1) is 8.58. The Kier molecular flexibility index (Phi) is 3.81. The summed E-state index contributed by atoms with van der Waals surface area (Å²) < 4.78 is 0. The Morgan fingerprint density at radius 1 is 1.39 bits per heavy atom. The molecule has 18 heavy (non-hydrogen) atoms. The van der Waals surface area contributed by atoms with Crippen LogP contribution in [0.3, 0.4) is 0 Å². The number of benzene rings is 1. The summed E-state index contributed by atoms with van der Waals surface area (Å²) in [5, 5.41) is 14.3. The number of rotatable bonds is 3. The molecule has 0 spiro atoms. The second-order valence-corrected chi connectivity index (χ2v) is 4.98. The van der Waals surface area contributed by atoms with Crippen LogP contribution in [0.4, 0.5) is 11.4 Å². The quantitative estimate of drug-likeness (QED) is 0.637. The lowest BCUT2D eigenvalue weighted by Crippen LogP contribution is -2.42. The van der Waals surface area contributed by atoms with Crippen molar-refractivity contribution in [3.05, 3.63) is 33.9 Å². The summed E-state index contributed by atoms with van der Waals surface area (Å²) >= 11 is 0. The zero-order valence-corrected chi connectivity index (χ0v) is 10.6. The van der Waals surface area contributed by atoms with Crippen LogP contribution in [0.25, 0.3) is 0 Å². The Morgan fingerprint density at radius 3 is 2.78 bits per heavy atom. The van der Waals surface area contributed by atoms with E-state index in [1.165, 1.54) is 0 Å². The molecule has 0 aromatic heterocycles. The van der Waals surface area contributed by atoms with Crippen LogP contribution in [0.15, 0.2) is 18.2 Å². The molecule has 3 N–H and O–H groups in total. The number of nitrogens with two attached hydrogens (primary N) is 1. The largest absolute Gasteiger partial charge is 0.375 e. The van der Waals surface area contributed by atoms with Crippen LogP contribution in [-0.4, -0.2) is 17.0 Å². The molecule has 5 nitrogen and oxygen atoms in total. The average molecular weight is 249 g/mol. The van der Waals surface area contributed by atoms with Gasteiger partial charge in [-0.15, -0.1) is 0 Å². The highest BCUT2D eigenvalue weighted by molar-refractivity contribution is 5.63.